The molecule has 0 aliphatic carbocycles. The van der Waals surface area contributed by atoms with Gasteiger partial charge in [-0.05, 0) is 74.9 Å². The van der Waals surface area contributed by atoms with Crippen molar-refractivity contribution in [3.8, 4) is 11.3 Å². The fourth-order valence-electron chi connectivity index (χ4n) is 5.24. The van der Waals surface area contributed by atoms with Gasteiger partial charge < -0.3 is 9.64 Å². The van der Waals surface area contributed by atoms with Gasteiger partial charge in [-0.3, -0.25) is 9.69 Å². The van der Waals surface area contributed by atoms with Crippen LogP contribution in [0.5, 0.6) is 0 Å². The number of aromatic nitrogens is 2. The van der Waals surface area contributed by atoms with Crippen molar-refractivity contribution < 1.29 is 14.3 Å². The summed E-state index contributed by atoms with van der Waals surface area (Å²) in [6.45, 7) is 13.5. The first-order chi connectivity index (χ1) is 19.8. The average Bonchev–Trinajstić information content (AvgIpc) is 3.34. The SMILES string of the molecule is COC(=O)c1ccc(-c2nn3ccc(C(=O)N(CCC(C)C)CCC(C)C)cc3c2/C=C/CN2CCCCC2)cc1. The molecule has 1 aliphatic rings. The topological polar surface area (TPSA) is 67.1 Å². The number of carbonyl (C=O) groups is 2. The normalized spacial score (nSPS) is 14.4. The maximum Gasteiger partial charge on any atom is 0.337 e. The summed E-state index contributed by atoms with van der Waals surface area (Å²) < 4.78 is 6.72. The lowest BCUT2D eigenvalue weighted by Gasteiger charge is -2.25. The Hall–Kier alpha value is -3.45. The number of likely N-dealkylation sites (tertiary alicyclic amines) is 1. The van der Waals surface area contributed by atoms with E-state index >= 15 is 0 Å². The molecule has 4 rings (SSSR count). The number of methoxy groups -OCH3 is 1. The van der Waals surface area contributed by atoms with Crippen molar-refractivity contribution in [1.82, 2.24) is 19.4 Å². The molecular formula is C34H46N4O3. The quantitative estimate of drug-likeness (QED) is 0.228. The van der Waals surface area contributed by atoms with Crippen LogP contribution in [0.4, 0.5) is 0 Å². The molecule has 0 unspecified atom stereocenters. The van der Waals surface area contributed by atoms with Crippen molar-refractivity contribution >= 4 is 23.5 Å². The zero-order valence-electron chi connectivity index (χ0n) is 25.4. The molecular weight excluding hydrogens is 512 g/mol. The Kier molecular flexibility index (Phi) is 10.7. The number of piperidine rings is 1. The maximum atomic E-state index is 13.8. The van der Waals surface area contributed by atoms with Crippen molar-refractivity contribution in [2.45, 2.75) is 59.8 Å². The number of rotatable bonds is 12. The highest BCUT2D eigenvalue weighted by molar-refractivity contribution is 5.97. The zero-order chi connectivity index (χ0) is 29.4. The van der Waals surface area contributed by atoms with E-state index < -0.39 is 0 Å². The first-order valence-electron chi connectivity index (χ1n) is 15.2. The number of amides is 1. The van der Waals surface area contributed by atoms with Gasteiger partial charge in [0.15, 0.2) is 0 Å². The molecule has 41 heavy (non-hydrogen) atoms. The van der Waals surface area contributed by atoms with E-state index in [1.165, 1.54) is 26.4 Å². The van der Waals surface area contributed by atoms with E-state index in [0.29, 0.717) is 23.0 Å². The van der Waals surface area contributed by atoms with Gasteiger partial charge in [0, 0.05) is 42.5 Å². The summed E-state index contributed by atoms with van der Waals surface area (Å²) in [5.74, 6) is 0.774. The third-order valence-corrected chi connectivity index (χ3v) is 7.84. The smallest absolute Gasteiger partial charge is 0.337 e. The van der Waals surface area contributed by atoms with Crippen molar-refractivity contribution in [2.75, 3.05) is 39.8 Å². The van der Waals surface area contributed by atoms with Crippen molar-refractivity contribution in [1.29, 1.82) is 0 Å². The lowest BCUT2D eigenvalue weighted by molar-refractivity contribution is 0.0600. The van der Waals surface area contributed by atoms with Gasteiger partial charge in [0.25, 0.3) is 5.91 Å². The largest absolute Gasteiger partial charge is 0.465 e. The summed E-state index contributed by atoms with van der Waals surface area (Å²) in [4.78, 5) is 30.3. The number of hydrogen-bond acceptors (Lipinski definition) is 5. The summed E-state index contributed by atoms with van der Waals surface area (Å²) in [6.07, 6.45) is 12.0. The van der Waals surface area contributed by atoms with E-state index in [-0.39, 0.29) is 11.9 Å². The molecule has 3 heterocycles. The first-order valence-corrected chi connectivity index (χ1v) is 15.2. The molecule has 1 aromatic carbocycles. The van der Waals surface area contributed by atoms with E-state index in [1.54, 1.807) is 12.1 Å². The fourth-order valence-corrected chi connectivity index (χ4v) is 5.24. The molecule has 0 atom stereocenters. The highest BCUT2D eigenvalue weighted by Gasteiger charge is 2.20. The predicted molar refractivity (Wildman–Crippen MR) is 166 cm³/mol. The summed E-state index contributed by atoms with van der Waals surface area (Å²) in [5.41, 5.74) is 4.77. The van der Waals surface area contributed by atoms with Gasteiger partial charge in [0.2, 0.25) is 0 Å². The summed E-state index contributed by atoms with van der Waals surface area (Å²) in [5, 5.41) is 4.92. The number of benzene rings is 1. The van der Waals surface area contributed by atoms with Crippen LogP contribution < -0.4 is 0 Å². The Labute approximate surface area is 245 Å². The van der Waals surface area contributed by atoms with Crippen LogP contribution in [-0.4, -0.2) is 71.1 Å². The van der Waals surface area contributed by atoms with E-state index in [0.717, 1.165) is 67.9 Å². The number of ether oxygens (including phenoxy) is 1. The summed E-state index contributed by atoms with van der Waals surface area (Å²) in [6, 6.07) is 11.2. The van der Waals surface area contributed by atoms with E-state index in [9.17, 15) is 9.59 Å². The van der Waals surface area contributed by atoms with Crippen LogP contribution in [0.1, 0.15) is 86.1 Å². The van der Waals surface area contributed by atoms with E-state index in [4.69, 9.17) is 9.84 Å². The van der Waals surface area contributed by atoms with E-state index in [1.807, 2.05) is 39.9 Å². The predicted octanol–water partition coefficient (Wildman–Crippen LogP) is 6.82. The summed E-state index contributed by atoms with van der Waals surface area (Å²) in [7, 11) is 1.38. The Morgan fingerprint density at radius 3 is 2.22 bits per heavy atom. The molecule has 1 fully saturated rings. The molecule has 1 amide bonds. The number of fused-ring (bicyclic) bond motifs is 1. The molecule has 0 saturated carbocycles. The van der Waals surface area contributed by atoms with Gasteiger partial charge >= 0.3 is 5.97 Å². The Balaban J connectivity index is 1.70. The second kappa shape index (κ2) is 14.4. The molecule has 1 saturated heterocycles. The van der Waals surface area contributed by atoms with Gasteiger partial charge in [-0.1, -0.05) is 58.4 Å². The molecule has 0 spiro atoms. The maximum absolute atomic E-state index is 13.8. The minimum Gasteiger partial charge on any atom is -0.465 e. The molecule has 0 radical (unpaired) electrons. The highest BCUT2D eigenvalue weighted by atomic mass is 16.5. The van der Waals surface area contributed by atoms with Crippen LogP contribution in [0.15, 0.2) is 48.7 Å². The van der Waals surface area contributed by atoms with Crippen LogP contribution in [-0.2, 0) is 4.74 Å². The second-order valence-corrected chi connectivity index (χ2v) is 12.0. The number of hydrogen-bond donors (Lipinski definition) is 0. The Bertz CT molecular complexity index is 1320. The second-order valence-electron chi connectivity index (χ2n) is 12.0. The highest BCUT2D eigenvalue weighted by Crippen LogP contribution is 2.29. The monoisotopic (exact) mass is 558 g/mol. The summed E-state index contributed by atoms with van der Waals surface area (Å²) >= 11 is 0. The van der Waals surface area contributed by atoms with Gasteiger partial charge in [-0.15, -0.1) is 0 Å². The zero-order valence-corrected chi connectivity index (χ0v) is 25.4. The van der Waals surface area contributed by atoms with Crippen LogP contribution in [0.3, 0.4) is 0 Å². The molecule has 0 N–H and O–H groups in total. The van der Waals surface area contributed by atoms with Crippen LogP contribution in [0.25, 0.3) is 22.9 Å². The number of esters is 1. The number of carbonyl (C=O) groups excluding carboxylic acids is 2. The number of nitrogens with zero attached hydrogens (tertiary/aromatic N) is 4. The van der Waals surface area contributed by atoms with Crippen LogP contribution in [0.2, 0.25) is 0 Å². The molecule has 7 heteroatoms. The average molecular weight is 559 g/mol. The molecule has 220 valence electrons. The van der Waals surface area contributed by atoms with Gasteiger partial charge in [-0.2, -0.15) is 5.10 Å². The first kappa shape index (κ1) is 30.5. The third-order valence-electron chi connectivity index (χ3n) is 7.84. The standard InChI is InChI=1S/C34H46N4O3/c1-25(2)15-21-37(22-16-26(3)4)33(39)29-17-23-38-31(24-29)30(10-9-20-36-18-7-6-8-19-36)32(35-38)27-11-13-28(14-12-27)34(40)41-5/h9-14,17,23-26H,6-8,15-16,18-22H2,1-5H3/b10-9+. The van der Waals surface area contributed by atoms with Gasteiger partial charge in [0.1, 0.15) is 5.69 Å². The lowest BCUT2D eigenvalue weighted by Crippen LogP contribution is -2.34. The number of pyridine rings is 1. The van der Waals surface area contributed by atoms with Crippen LogP contribution >= 0.6 is 0 Å². The molecule has 0 bridgehead atoms. The Morgan fingerprint density at radius 1 is 0.951 bits per heavy atom. The van der Waals surface area contributed by atoms with Gasteiger partial charge in [0.05, 0.1) is 18.2 Å². The minimum absolute atomic E-state index is 0.0715. The van der Waals surface area contributed by atoms with E-state index in [2.05, 4.69) is 44.7 Å². The third kappa shape index (κ3) is 8.07. The lowest BCUT2D eigenvalue weighted by atomic mass is 10.0. The molecule has 1 aliphatic heterocycles. The van der Waals surface area contributed by atoms with Crippen LogP contribution in [0, 0.1) is 11.8 Å². The fraction of sp³-hybridized carbons (Fsp3) is 0.500. The van der Waals surface area contributed by atoms with Gasteiger partial charge in [-0.25, -0.2) is 9.31 Å². The molecule has 2 aromatic heterocycles. The minimum atomic E-state index is -0.365. The van der Waals surface area contributed by atoms with Crippen molar-refractivity contribution in [3.05, 3.63) is 65.4 Å². The molecule has 3 aromatic rings. The Morgan fingerprint density at radius 2 is 1.61 bits per heavy atom. The van der Waals surface area contributed by atoms with Crippen molar-refractivity contribution in [2.24, 2.45) is 11.8 Å². The molecule has 7 nitrogen and oxygen atoms in total. The van der Waals surface area contributed by atoms with Crippen molar-refractivity contribution in [3.63, 3.8) is 0 Å².